The van der Waals surface area contributed by atoms with Gasteiger partial charge in [-0.2, -0.15) is 0 Å². The molecule has 4 rings (SSSR count). The number of rotatable bonds is 1. The summed E-state index contributed by atoms with van der Waals surface area (Å²) in [6.45, 7) is 5.55. The Hall–Kier alpha value is -1.64. The molecule has 3 aliphatic rings. The molecular formula is C21H21BrFNO4S. The lowest BCUT2D eigenvalue weighted by Gasteiger charge is -2.39. The molecule has 8 heteroatoms. The van der Waals surface area contributed by atoms with Crippen LogP contribution in [0.15, 0.2) is 44.5 Å². The van der Waals surface area contributed by atoms with E-state index in [0.717, 1.165) is 21.9 Å². The van der Waals surface area contributed by atoms with Gasteiger partial charge in [-0.15, -0.1) is 11.8 Å². The largest absolute Gasteiger partial charge is 0.443 e. The summed E-state index contributed by atoms with van der Waals surface area (Å²) in [6, 6.07) is 4.80. The third-order valence-electron chi connectivity index (χ3n) is 4.91. The van der Waals surface area contributed by atoms with Gasteiger partial charge in [-0.3, -0.25) is 9.69 Å². The second-order valence-corrected chi connectivity index (χ2v) is 10.1. The number of carbonyl (C=O) groups excluding carboxylic acids is 2. The molecule has 0 saturated carbocycles. The quantitative estimate of drug-likeness (QED) is 0.556. The number of amides is 1. The lowest BCUT2D eigenvalue weighted by atomic mass is 9.82. The van der Waals surface area contributed by atoms with E-state index in [1.807, 2.05) is 20.8 Å². The summed E-state index contributed by atoms with van der Waals surface area (Å²) >= 11 is 4.88. The van der Waals surface area contributed by atoms with Crippen molar-refractivity contribution in [2.75, 3.05) is 19.0 Å². The second-order valence-electron chi connectivity index (χ2n) is 8.11. The van der Waals surface area contributed by atoms with Gasteiger partial charge in [-0.1, -0.05) is 6.07 Å². The molecule has 0 aliphatic carbocycles. The Morgan fingerprint density at radius 2 is 2.07 bits per heavy atom. The minimum atomic E-state index is -0.664. The zero-order valence-electron chi connectivity index (χ0n) is 16.4. The van der Waals surface area contributed by atoms with Gasteiger partial charge in [0.05, 0.1) is 16.8 Å². The Balaban J connectivity index is 1.87. The van der Waals surface area contributed by atoms with E-state index in [4.69, 9.17) is 9.47 Å². The molecule has 1 aromatic rings. The zero-order chi connectivity index (χ0) is 20.9. The van der Waals surface area contributed by atoms with Gasteiger partial charge in [0, 0.05) is 27.8 Å². The zero-order valence-corrected chi connectivity index (χ0v) is 18.8. The summed E-state index contributed by atoms with van der Waals surface area (Å²) in [4.78, 5) is 28.5. The van der Waals surface area contributed by atoms with Gasteiger partial charge >= 0.3 is 6.09 Å². The number of ketones is 1. The number of carbonyl (C=O) groups is 2. The molecule has 3 aliphatic heterocycles. The first-order valence-corrected chi connectivity index (χ1v) is 11.1. The normalized spacial score (nSPS) is 22.0. The summed E-state index contributed by atoms with van der Waals surface area (Å²) in [5.74, 6) is -0.0529. The Labute approximate surface area is 181 Å². The van der Waals surface area contributed by atoms with Crippen molar-refractivity contribution in [3.05, 3.63) is 55.9 Å². The first-order valence-electron chi connectivity index (χ1n) is 9.35. The highest BCUT2D eigenvalue weighted by Gasteiger charge is 2.45. The number of thioether (sulfide) groups is 1. The van der Waals surface area contributed by atoms with Crippen molar-refractivity contribution in [3.8, 4) is 0 Å². The topological polar surface area (TPSA) is 55.8 Å². The highest BCUT2D eigenvalue weighted by Crippen LogP contribution is 2.52. The number of hydrogen-bond donors (Lipinski definition) is 0. The monoisotopic (exact) mass is 481 g/mol. The van der Waals surface area contributed by atoms with E-state index in [-0.39, 0.29) is 30.7 Å². The fourth-order valence-corrected chi connectivity index (χ4v) is 5.53. The molecule has 0 spiro atoms. The average Bonchev–Trinajstić information content (AvgIpc) is 3.10. The molecule has 0 aromatic heterocycles. The van der Waals surface area contributed by atoms with E-state index in [0.29, 0.717) is 22.2 Å². The number of benzene rings is 1. The highest BCUT2D eigenvalue weighted by molar-refractivity contribution is 9.10. The van der Waals surface area contributed by atoms with Crippen LogP contribution in [0.2, 0.25) is 0 Å². The maximum Gasteiger partial charge on any atom is 0.419 e. The van der Waals surface area contributed by atoms with Crippen LogP contribution < -0.4 is 0 Å². The molecule has 3 heterocycles. The molecule has 1 unspecified atom stereocenters. The minimum absolute atomic E-state index is 0.0346. The molecule has 0 saturated heterocycles. The Bertz CT molecular complexity index is 966. The molecule has 1 aromatic carbocycles. The van der Waals surface area contributed by atoms with Crippen LogP contribution in [-0.2, 0) is 14.3 Å². The summed E-state index contributed by atoms with van der Waals surface area (Å²) < 4.78 is 25.3. The number of nitrogens with zero attached hydrogens (tertiary/aromatic N) is 1. The van der Waals surface area contributed by atoms with Crippen LogP contribution in [0.5, 0.6) is 0 Å². The third kappa shape index (κ3) is 3.78. The second kappa shape index (κ2) is 7.56. The Kier molecular flexibility index (Phi) is 5.38. The van der Waals surface area contributed by atoms with Crippen molar-refractivity contribution < 1.29 is 23.5 Å². The van der Waals surface area contributed by atoms with Gasteiger partial charge in [0.2, 0.25) is 0 Å². The number of halogens is 2. The van der Waals surface area contributed by atoms with Gasteiger partial charge in [-0.25, -0.2) is 9.18 Å². The summed E-state index contributed by atoms with van der Waals surface area (Å²) in [6.07, 6.45) is 0.181. The summed E-state index contributed by atoms with van der Waals surface area (Å²) in [5, 5.41) is 0. The predicted molar refractivity (Wildman–Crippen MR) is 112 cm³/mol. The molecule has 0 bridgehead atoms. The molecule has 154 valence electrons. The fraction of sp³-hybridized carbons (Fsp3) is 0.429. The summed E-state index contributed by atoms with van der Waals surface area (Å²) in [7, 11) is 0. The minimum Gasteiger partial charge on any atom is -0.443 e. The first-order chi connectivity index (χ1) is 13.7. The Morgan fingerprint density at radius 3 is 2.76 bits per heavy atom. The van der Waals surface area contributed by atoms with Crippen LogP contribution in [0, 0.1) is 5.82 Å². The Morgan fingerprint density at radius 1 is 1.31 bits per heavy atom. The fourth-order valence-electron chi connectivity index (χ4n) is 3.84. The average molecular weight is 482 g/mol. The van der Waals surface area contributed by atoms with Crippen LogP contribution in [-0.4, -0.2) is 41.3 Å². The van der Waals surface area contributed by atoms with Crippen LogP contribution in [0.3, 0.4) is 0 Å². The standard InChI is InChI=1S/C21H21BrFNO4S/c1-21(2,3)28-20(26)24-14-6-7-29-19(14)17(11-4-5-13(23)12(22)8-11)18-15(24)9-27-10-16(18)25/h4-5,8,17H,6-7,9-10H2,1-3H3. The summed E-state index contributed by atoms with van der Waals surface area (Å²) in [5.41, 5.74) is 2.05. The number of hydrogen-bond acceptors (Lipinski definition) is 5. The van der Waals surface area contributed by atoms with Gasteiger partial charge < -0.3 is 9.47 Å². The lowest BCUT2D eigenvalue weighted by Crippen LogP contribution is -2.43. The van der Waals surface area contributed by atoms with E-state index < -0.39 is 11.7 Å². The molecule has 5 nitrogen and oxygen atoms in total. The van der Waals surface area contributed by atoms with Gasteiger partial charge in [0.15, 0.2) is 5.78 Å². The van der Waals surface area contributed by atoms with Crippen LogP contribution in [0.25, 0.3) is 0 Å². The maximum atomic E-state index is 13.8. The molecule has 0 radical (unpaired) electrons. The molecule has 0 N–H and O–H groups in total. The molecule has 1 amide bonds. The number of Topliss-reactive ketones (excluding diaryl/α,β-unsaturated/α-hetero) is 1. The molecular weight excluding hydrogens is 461 g/mol. The highest BCUT2D eigenvalue weighted by atomic mass is 79.9. The van der Waals surface area contributed by atoms with Gasteiger partial charge in [0.1, 0.15) is 18.0 Å². The van der Waals surface area contributed by atoms with Crippen molar-refractivity contribution in [1.29, 1.82) is 0 Å². The molecule has 29 heavy (non-hydrogen) atoms. The molecule has 1 atom stereocenters. The van der Waals surface area contributed by atoms with E-state index >= 15 is 0 Å². The van der Waals surface area contributed by atoms with Crippen LogP contribution in [0.1, 0.15) is 38.7 Å². The predicted octanol–water partition coefficient (Wildman–Crippen LogP) is 5.12. The van der Waals surface area contributed by atoms with E-state index in [1.54, 1.807) is 23.9 Å². The van der Waals surface area contributed by atoms with Crippen molar-refractivity contribution in [2.24, 2.45) is 0 Å². The van der Waals surface area contributed by atoms with E-state index in [2.05, 4.69) is 15.9 Å². The lowest BCUT2D eigenvalue weighted by molar-refractivity contribution is -0.121. The SMILES string of the molecule is CC(C)(C)OC(=O)N1C2=C(SCC2)C(c2ccc(F)c(Br)c2)C2=C1COCC2=O. The maximum absolute atomic E-state index is 13.8. The van der Waals surface area contributed by atoms with E-state index in [1.165, 1.54) is 11.0 Å². The van der Waals surface area contributed by atoms with Crippen LogP contribution in [0.4, 0.5) is 9.18 Å². The van der Waals surface area contributed by atoms with E-state index in [9.17, 15) is 14.0 Å². The number of ether oxygens (including phenoxy) is 2. The smallest absolute Gasteiger partial charge is 0.419 e. The third-order valence-corrected chi connectivity index (χ3v) is 6.71. The first kappa shape index (κ1) is 20.6. The van der Waals surface area contributed by atoms with Gasteiger partial charge in [-0.05, 0) is 60.8 Å². The van der Waals surface area contributed by atoms with Crippen molar-refractivity contribution >= 4 is 39.6 Å². The van der Waals surface area contributed by atoms with Crippen molar-refractivity contribution in [2.45, 2.75) is 38.7 Å². The van der Waals surface area contributed by atoms with Crippen LogP contribution >= 0.6 is 27.7 Å². The van der Waals surface area contributed by atoms with Crippen molar-refractivity contribution in [1.82, 2.24) is 4.90 Å². The number of allylic oxidation sites excluding steroid dienone is 2. The molecule has 0 fully saturated rings. The van der Waals surface area contributed by atoms with Gasteiger partial charge in [0.25, 0.3) is 0 Å². The van der Waals surface area contributed by atoms with Crippen molar-refractivity contribution in [3.63, 3.8) is 0 Å².